The number of aromatic amines is 1. The Morgan fingerprint density at radius 2 is 1.76 bits per heavy atom. The fourth-order valence-electron chi connectivity index (χ4n) is 3.73. The number of imidazole rings is 1. The van der Waals surface area contributed by atoms with Gasteiger partial charge in [-0.25, -0.2) is 4.98 Å². The van der Waals surface area contributed by atoms with Crippen LogP contribution in [0, 0.1) is 0 Å². The molecule has 0 spiro atoms. The minimum absolute atomic E-state index is 0. The molecule has 0 atom stereocenters. The number of piperazine rings is 1. The first-order chi connectivity index (χ1) is 13.8. The summed E-state index contributed by atoms with van der Waals surface area (Å²) in [6.07, 6.45) is 1.95. The molecule has 29 heavy (non-hydrogen) atoms. The van der Waals surface area contributed by atoms with Crippen molar-refractivity contribution in [3.05, 3.63) is 60.4 Å². The number of anilines is 1. The lowest BCUT2D eigenvalue weighted by Crippen LogP contribution is -2.52. The third-order valence-electron chi connectivity index (χ3n) is 5.22. The van der Waals surface area contributed by atoms with Crippen molar-refractivity contribution in [2.75, 3.05) is 44.7 Å². The average molecular weight is 504 g/mol. The molecule has 154 valence electrons. The van der Waals surface area contributed by atoms with Crippen LogP contribution in [0.3, 0.4) is 0 Å². The van der Waals surface area contributed by atoms with Crippen LogP contribution in [0.25, 0.3) is 11.0 Å². The second-order valence-corrected chi connectivity index (χ2v) is 7.09. The molecule has 6 nitrogen and oxygen atoms in total. The molecule has 2 aromatic carbocycles. The number of aliphatic imine (C=N–C) groups is 1. The number of nitrogens with one attached hydrogen (secondary N) is 2. The summed E-state index contributed by atoms with van der Waals surface area (Å²) in [6, 6.07) is 18.8. The van der Waals surface area contributed by atoms with Crippen LogP contribution in [-0.2, 0) is 6.42 Å². The van der Waals surface area contributed by atoms with Crippen LogP contribution in [0.15, 0.2) is 59.6 Å². The van der Waals surface area contributed by atoms with E-state index in [9.17, 15) is 0 Å². The number of hydrogen-bond acceptors (Lipinski definition) is 3. The van der Waals surface area contributed by atoms with Gasteiger partial charge >= 0.3 is 0 Å². The Morgan fingerprint density at radius 1 is 1.03 bits per heavy atom. The Hall–Kier alpha value is -2.29. The number of para-hydroxylation sites is 3. The first kappa shape index (κ1) is 21.4. The fraction of sp³-hybridized carbons (Fsp3) is 0.364. The van der Waals surface area contributed by atoms with Crippen LogP contribution >= 0.6 is 24.0 Å². The highest BCUT2D eigenvalue weighted by Gasteiger charge is 2.19. The summed E-state index contributed by atoms with van der Waals surface area (Å²) >= 11 is 0. The first-order valence-electron chi connectivity index (χ1n) is 10.0. The van der Waals surface area contributed by atoms with E-state index in [0.29, 0.717) is 0 Å². The van der Waals surface area contributed by atoms with Gasteiger partial charge in [0.05, 0.1) is 11.0 Å². The van der Waals surface area contributed by atoms with E-state index in [-0.39, 0.29) is 24.0 Å². The topological polar surface area (TPSA) is 59.6 Å². The summed E-state index contributed by atoms with van der Waals surface area (Å²) in [7, 11) is 1.87. The molecule has 1 saturated heterocycles. The van der Waals surface area contributed by atoms with Crippen molar-refractivity contribution in [2.24, 2.45) is 4.99 Å². The van der Waals surface area contributed by atoms with E-state index in [4.69, 9.17) is 0 Å². The Balaban J connectivity index is 0.00000240. The van der Waals surface area contributed by atoms with Crippen molar-refractivity contribution in [1.29, 1.82) is 0 Å². The van der Waals surface area contributed by atoms with Gasteiger partial charge in [0.1, 0.15) is 5.82 Å². The number of guanidine groups is 1. The second-order valence-electron chi connectivity index (χ2n) is 7.09. The molecule has 0 unspecified atom stereocenters. The van der Waals surface area contributed by atoms with Crippen LogP contribution < -0.4 is 10.2 Å². The van der Waals surface area contributed by atoms with E-state index in [1.54, 1.807) is 0 Å². The molecule has 2 N–H and O–H groups in total. The van der Waals surface area contributed by atoms with Crippen molar-refractivity contribution in [3.63, 3.8) is 0 Å². The number of hydrogen-bond donors (Lipinski definition) is 2. The number of nitrogens with zero attached hydrogens (tertiary/aromatic N) is 4. The number of aromatic nitrogens is 2. The fourth-order valence-corrected chi connectivity index (χ4v) is 3.73. The monoisotopic (exact) mass is 504 g/mol. The van der Waals surface area contributed by atoms with Crippen LogP contribution in [0.1, 0.15) is 12.2 Å². The highest BCUT2D eigenvalue weighted by molar-refractivity contribution is 14.0. The summed E-state index contributed by atoms with van der Waals surface area (Å²) < 4.78 is 0. The van der Waals surface area contributed by atoms with Crippen molar-refractivity contribution >= 4 is 46.7 Å². The third-order valence-corrected chi connectivity index (χ3v) is 5.22. The van der Waals surface area contributed by atoms with E-state index >= 15 is 0 Å². The molecular formula is C22H29IN6. The zero-order valence-corrected chi connectivity index (χ0v) is 19.2. The van der Waals surface area contributed by atoms with E-state index in [2.05, 4.69) is 66.5 Å². The Bertz CT molecular complexity index is 882. The van der Waals surface area contributed by atoms with Gasteiger partial charge in [-0.05, 0) is 30.7 Å². The van der Waals surface area contributed by atoms with E-state index < -0.39 is 0 Å². The number of fused-ring (bicyclic) bond motifs is 1. The van der Waals surface area contributed by atoms with Crippen LogP contribution in [0.2, 0.25) is 0 Å². The highest BCUT2D eigenvalue weighted by Crippen LogP contribution is 2.15. The molecular weight excluding hydrogens is 475 g/mol. The molecule has 0 saturated carbocycles. The van der Waals surface area contributed by atoms with Crippen LogP contribution in [0.4, 0.5) is 5.69 Å². The minimum atomic E-state index is 0. The van der Waals surface area contributed by atoms with E-state index in [1.165, 1.54) is 5.69 Å². The predicted molar refractivity (Wildman–Crippen MR) is 131 cm³/mol. The smallest absolute Gasteiger partial charge is 0.193 e. The number of rotatable bonds is 5. The number of halogens is 1. The maximum absolute atomic E-state index is 4.65. The minimum Gasteiger partial charge on any atom is -0.368 e. The van der Waals surface area contributed by atoms with Gasteiger partial charge in [0.2, 0.25) is 0 Å². The van der Waals surface area contributed by atoms with Crippen LogP contribution in [0.5, 0.6) is 0 Å². The zero-order valence-electron chi connectivity index (χ0n) is 16.8. The number of benzene rings is 2. The van der Waals surface area contributed by atoms with E-state index in [0.717, 1.165) is 68.4 Å². The summed E-state index contributed by atoms with van der Waals surface area (Å²) in [5, 5.41) is 3.51. The first-order valence-corrected chi connectivity index (χ1v) is 10.0. The molecule has 0 radical (unpaired) electrons. The van der Waals surface area contributed by atoms with Crippen molar-refractivity contribution in [2.45, 2.75) is 12.8 Å². The lowest BCUT2D eigenvalue weighted by atomic mass is 10.2. The molecule has 1 fully saturated rings. The Kier molecular flexibility index (Phi) is 7.74. The SMILES string of the molecule is CN=C(NCCCc1nc2ccccc2[nH]1)N1CCN(c2ccccc2)CC1.I. The summed E-state index contributed by atoms with van der Waals surface area (Å²) in [4.78, 5) is 17.3. The Labute approximate surface area is 189 Å². The Morgan fingerprint density at radius 3 is 2.48 bits per heavy atom. The van der Waals surface area contributed by atoms with Gasteiger partial charge < -0.3 is 20.1 Å². The standard InChI is InChI=1S/C22H28N6.HI/c1-23-22(28-16-14-27(15-17-28)18-8-3-2-4-9-18)24-13-7-12-21-25-19-10-5-6-11-20(19)26-21;/h2-6,8-11H,7,12-17H2,1H3,(H,23,24)(H,25,26);1H. The van der Waals surface area contributed by atoms with Crippen LogP contribution in [-0.4, -0.2) is 60.6 Å². The van der Waals surface area contributed by atoms with Gasteiger partial charge in [0.15, 0.2) is 5.96 Å². The molecule has 1 aromatic heterocycles. The molecule has 4 rings (SSSR count). The highest BCUT2D eigenvalue weighted by atomic mass is 127. The van der Waals surface area contributed by atoms with Gasteiger partial charge in [-0.1, -0.05) is 30.3 Å². The molecule has 3 aromatic rings. The maximum atomic E-state index is 4.65. The number of aryl methyl sites for hydroxylation is 1. The largest absolute Gasteiger partial charge is 0.368 e. The molecule has 7 heteroatoms. The molecule has 0 bridgehead atoms. The predicted octanol–water partition coefficient (Wildman–Crippen LogP) is 3.51. The van der Waals surface area contributed by atoms with E-state index in [1.807, 2.05) is 25.2 Å². The number of H-pyrrole nitrogens is 1. The van der Waals surface area contributed by atoms with Gasteiger partial charge in [0, 0.05) is 51.9 Å². The molecule has 0 aliphatic carbocycles. The van der Waals surface area contributed by atoms with Crippen molar-refractivity contribution in [1.82, 2.24) is 20.2 Å². The van der Waals surface area contributed by atoms with Gasteiger partial charge in [-0.2, -0.15) is 0 Å². The lowest BCUT2D eigenvalue weighted by molar-refractivity contribution is 0.372. The normalized spacial score (nSPS) is 14.7. The van der Waals surface area contributed by atoms with Crippen molar-refractivity contribution in [3.8, 4) is 0 Å². The summed E-state index contributed by atoms with van der Waals surface area (Å²) in [5.74, 6) is 2.05. The van der Waals surface area contributed by atoms with Crippen molar-refractivity contribution < 1.29 is 0 Å². The molecule has 2 heterocycles. The average Bonchev–Trinajstić information content (AvgIpc) is 3.17. The van der Waals surface area contributed by atoms with Gasteiger partial charge in [-0.3, -0.25) is 4.99 Å². The summed E-state index contributed by atoms with van der Waals surface area (Å²) in [5.41, 5.74) is 3.45. The van der Waals surface area contributed by atoms with Gasteiger partial charge in [-0.15, -0.1) is 24.0 Å². The second kappa shape index (κ2) is 10.5. The maximum Gasteiger partial charge on any atom is 0.193 e. The van der Waals surface area contributed by atoms with Gasteiger partial charge in [0.25, 0.3) is 0 Å². The quantitative estimate of drug-likeness (QED) is 0.242. The molecule has 1 aliphatic heterocycles. The lowest BCUT2D eigenvalue weighted by Gasteiger charge is -2.37. The summed E-state index contributed by atoms with van der Waals surface area (Å²) in [6.45, 7) is 4.90. The molecule has 0 amide bonds. The zero-order chi connectivity index (χ0) is 19.2. The third kappa shape index (κ3) is 5.41. The molecule has 1 aliphatic rings.